The maximum absolute atomic E-state index is 5.63. The van der Waals surface area contributed by atoms with E-state index < -0.39 is 0 Å². The van der Waals surface area contributed by atoms with Crippen LogP contribution >= 0.6 is 0 Å². The van der Waals surface area contributed by atoms with E-state index in [1.807, 2.05) is 0 Å². The second kappa shape index (κ2) is 5.86. The summed E-state index contributed by atoms with van der Waals surface area (Å²) >= 11 is 0. The Morgan fingerprint density at radius 3 is 2.47 bits per heavy atom. The minimum atomic E-state index is 0.734. The minimum Gasteiger partial charge on any atom is -0.381 e. The molecule has 2 heteroatoms. The molecule has 0 bridgehead atoms. The molecule has 1 aliphatic heterocycles. The van der Waals surface area contributed by atoms with Crippen molar-refractivity contribution in [3.05, 3.63) is 0 Å². The van der Waals surface area contributed by atoms with Gasteiger partial charge in [0.25, 0.3) is 0 Å². The minimum absolute atomic E-state index is 0.734. The van der Waals surface area contributed by atoms with E-state index in [2.05, 4.69) is 12.2 Å². The molecule has 2 fully saturated rings. The van der Waals surface area contributed by atoms with Gasteiger partial charge in [-0.2, -0.15) is 0 Å². The highest BCUT2D eigenvalue weighted by Crippen LogP contribution is 2.33. The van der Waals surface area contributed by atoms with E-state index in [1.165, 1.54) is 38.5 Å². The molecule has 0 aromatic rings. The van der Waals surface area contributed by atoms with Gasteiger partial charge < -0.3 is 10.1 Å². The van der Waals surface area contributed by atoms with Crippen molar-refractivity contribution in [2.75, 3.05) is 19.8 Å². The largest absolute Gasteiger partial charge is 0.381 e. The van der Waals surface area contributed by atoms with Crippen molar-refractivity contribution in [1.29, 1.82) is 0 Å². The van der Waals surface area contributed by atoms with Crippen LogP contribution in [0.5, 0.6) is 0 Å². The van der Waals surface area contributed by atoms with Gasteiger partial charge in [0.1, 0.15) is 0 Å². The van der Waals surface area contributed by atoms with Gasteiger partial charge in [0.05, 0.1) is 6.61 Å². The molecular formula is C13H25NO. The van der Waals surface area contributed by atoms with Gasteiger partial charge in [-0.25, -0.2) is 0 Å². The molecule has 0 amide bonds. The first kappa shape index (κ1) is 11.4. The zero-order chi connectivity index (χ0) is 10.5. The molecule has 2 rings (SSSR count). The Kier molecular flexibility index (Phi) is 4.45. The highest BCUT2D eigenvalue weighted by molar-refractivity contribution is 4.86. The van der Waals surface area contributed by atoms with Gasteiger partial charge in [0, 0.05) is 12.6 Å². The predicted molar refractivity (Wildman–Crippen MR) is 63.0 cm³/mol. The van der Waals surface area contributed by atoms with Crippen LogP contribution in [0.2, 0.25) is 0 Å². The molecule has 2 nitrogen and oxygen atoms in total. The van der Waals surface area contributed by atoms with Crippen LogP contribution in [0.1, 0.15) is 45.4 Å². The zero-order valence-corrected chi connectivity index (χ0v) is 10.0. The summed E-state index contributed by atoms with van der Waals surface area (Å²) in [5.41, 5.74) is 0. The SMILES string of the molecule is CCNC(C1CCCC1)C1CCCOC1. The third-order valence-corrected chi connectivity index (χ3v) is 4.05. The number of hydrogen-bond acceptors (Lipinski definition) is 2. The molecule has 1 N–H and O–H groups in total. The quantitative estimate of drug-likeness (QED) is 0.771. The fraction of sp³-hybridized carbons (Fsp3) is 1.00. The first-order valence-electron chi connectivity index (χ1n) is 6.73. The monoisotopic (exact) mass is 211 g/mol. The van der Waals surface area contributed by atoms with E-state index in [4.69, 9.17) is 4.74 Å². The van der Waals surface area contributed by atoms with E-state index in [0.717, 1.165) is 37.6 Å². The predicted octanol–water partition coefficient (Wildman–Crippen LogP) is 2.58. The smallest absolute Gasteiger partial charge is 0.0509 e. The Balaban J connectivity index is 1.90. The number of rotatable bonds is 4. The molecule has 0 aromatic heterocycles. The fourth-order valence-electron chi connectivity index (χ4n) is 3.32. The first-order valence-corrected chi connectivity index (χ1v) is 6.73. The Morgan fingerprint density at radius 2 is 1.87 bits per heavy atom. The van der Waals surface area contributed by atoms with Crippen molar-refractivity contribution in [3.8, 4) is 0 Å². The Labute approximate surface area is 93.8 Å². The molecule has 2 unspecified atom stereocenters. The van der Waals surface area contributed by atoms with Crippen LogP contribution in [0.15, 0.2) is 0 Å². The Bertz CT molecular complexity index is 171. The molecule has 1 saturated heterocycles. The summed E-state index contributed by atoms with van der Waals surface area (Å²) < 4.78 is 5.63. The molecule has 2 aliphatic rings. The summed E-state index contributed by atoms with van der Waals surface area (Å²) in [7, 11) is 0. The molecule has 1 heterocycles. The van der Waals surface area contributed by atoms with Crippen molar-refractivity contribution in [3.63, 3.8) is 0 Å². The number of hydrogen-bond donors (Lipinski definition) is 1. The van der Waals surface area contributed by atoms with Gasteiger partial charge in [0.2, 0.25) is 0 Å². The average Bonchev–Trinajstić information content (AvgIpc) is 2.80. The molecule has 0 aromatic carbocycles. The van der Waals surface area contributed by atoms with Crippen molar-refractivity contribution >= 4 is 0 Å². The van der Waals surface area contributed by atoms with Crippen LogP contribution in [0.25, 0.3) is 0 Å². The van der Waals surface area contributed by atoms with Crippen molar-refractivity contribution in [2.45, 2.75) is 51.5 Å². The standard InChI is InChI=1S/C13H25NO/c1-2-14-13(11-6-3-4-7-11)12-8-5-9-15-10-12/h11-14H,2-10H2,1H3. The lowest BCUT2D eigenvalue weighted by atomic mass is 9.84. The van der Waals surface area contributed by atoms with Crippen molar-refractivity contribution in [2.24, 2.45) is 11.8 Å². The molecule has 1 aliphatic carbocycles. The average molecular weight is 211 g/mol. The summed E-state index contributed by atoms with van der Waals surface area (Å²) in [5.74, 6) is 1.71. The Morgan fingerprint density at radius 1 is 1.13 bits per heavy atom. The van der Waals surface area contributed by atoms with Gasteiger partial charge in [-0.3, -0.25) is 0 Å². The van der Waals surface area contributed by atoms with Gasteiger partial charge in [-0.05, 0) is 44.1 Å². The maximum atomic E-state index is 5.63. The Hall–Kier alpha value is -0.0800. The van der Waals surface area contributed by atoms with Crippen LogP contribution in [-0.2, 0) is 4.74 Å². The summed E-state index contributed by atoms with van der Waals surface area (Å²) in [6.45, 7) is 5.32. The normalized spacial score (nSPS) is 30.6. The van der Waals surface area contributed by atoms with E-state index in [0.29, 0.717) is 0 Å². The molecular weight excluding hydrogens is 186 g/mol. The van der Waals surface area contributed by atoms with Gasteiger partial charge >= 0.3 is 0 Å². The van der Waals surface area contributed by atoms with Crippen molar-refractivity contribution in [1.82, 2.24) is 5.32 Å². The third kappa shape index (κ3) is 2.94. The topological polar surface area (TPSA) is 21.3 Å². The van der Waals surface area contributed by atoms with Gasteiger partial charge in [0.15, 0.2) is 0 Å². The fourth-order valence-corrected chi connectivity index (χ4v) is 3.32. The molecule has 1 saturated carbocycles. The highest BCUT2D eigenvalue weighted by atomic mass is 16.5. The molecule has 0 radical (unpaired) electrons. The third-order valence-electron chi connectivity index (χ3n) is 4.05. The maximum Gasteiger partial charge on any atom is 0.0509 e. The second-order valence-corrected chi connectivity index (χ2v) is 5.11. The molecule has 0 spiro atoms. The van der Waals surface area contributed by atoms with E-state index in [1.54, 1.807) is 0 Å². The molecule has 88 valence electrons. The lowest BCUT2D eigenvalue weighted by molar-refractivity contribution is 0.0294. The van der Waals surface area contributed by atoms with E-state index in [-0.39, 0.29) is 0 Å². The van der Waals surface area contributed by atoms with Crippen LogP contribution in [0, 0.1) is 11.8 Å². The van der Waals surface area contributed by atoms with Crippen LogP contribution in [-0.4, -0.2) is 25.8 Å². The lowest BCUT2D eigenvalue weighted by Crippen LogP contribution is -2.44. The second-order valence-electron chi connectivity index (χ2n) is 5.11. The summed E-state index contributed by atoms with van der Waals surface area (Å²) in [6, 6.07) is 0.734. The van der Waals surface area contributed by atoms with E-state index >= 15 is 0 Å². The molecule has 15 heavy (non-hydrogen) atoms. The summed E-state index contributed by atoms with van der Waals surface area (Å²) in [5, 5.41) is 3.71. The highest BCUT2D eigenvalue weighted by Gasteiger charge is 2.31. The number of nitrogens with one attached hydrogen (secondary N) is 1. The summed E-state index contributed by atoms with van der Waals surface area (Å²) in [4.78, 5) is 0. The van der Waals surface area contributed by atoms with Crippen LogP contribution in [0.3, 0.4) is 0 Å². The number of ether oxygens (including phenoxy) is 1. The molecule has 2 atom stereocenters. The van der Waals surface area contributed by atoms with E-state index in [9.17, 15) is 0 Å². The summed E-state index contributed by atoms with van der Waals surface area (Å²) in [6.07, 6.45) is 8.40. The van der Waals surface area contributed by atoms with Crippen LogP contribution < -0.4 is 5.32 Å². The van der Waals surface area contributed by atoms with Crippen molar-refractivity contribution < 1.29 is 4.74 Å². The zero-order valence-electron chi connectivity index (χ0n) is 10.0. The van der Waals surface area contributed by atoms with Gasteiger partial charge in [-0.1, -0.05) is 19.8 Å². The van der Waals surface area contributed by atoms with Crippen LogP contribution in [0.4, 0.5) is 0 Å². The van der Waals surface area contributed by atoms with Gasteiger partial charge in [-0.15, -0.1) is 0 Å². The lowest BCUT2D eigenvalue weighted by Gasteiger charge is -2.34. The first-order chi connectivity index (χ1) is 7.42.